The minimum Gasteiger partial charge on any atom is -0.340 e. The Morgan fingerprint density at radius 3 is 2.27 bits per heavy atom. The van der Waals surface area contributed by atoms with Crippen LogP contribution in [-0.4, -0.2) is 20.5 Å². The number of aromatic nitrogens is 3. The first-order valence-electron chi connectivity index (χ1n) is 10.4. The lowest BCUT2D eigenvalue weighted by Gasteiger charge is -2.12. The van der Waals surface area contributed by atoms with Gasteiger partial charge in [0.2, 0.25) is 5.91 Å². The Labute approximate surface area is 195 Å². The van der Waals surface area contributed by atoms with Crippen LogP contribution < -0.4 is 10.6 Å². The second-order valence-corrected chi connectivity index (χ2v) is 8.01. The highest BCUT2D eigenvalue weighted by atomic mass is 35.5. The van der Waals surface area contributed by atoms with E-state index >= 15 is 0 Å². The number of amides is 1. The maximum Gasteiger partial charge on any atom is 0.221 e. The van der Waals surface area contributed by atoms with Gasteiger partial charge in [-0.3, -0.25) is 4.79 Å². The van der Waals surface area contributed by atoms with Gasteiger partial charge in [-0.15, -0.1) is 0 Å². The molecule has 0 atom stereocenters. The maximum absolute atomic E-state index is 11.3. The number of carbonyl (C=O) groups is 1. The number of benzene rings is 3. The molecule has 0 saturated heterocycles. The Kier molecular flexibility index (Phi) is 5.50. The van der Waals surface area contributed by atoms with Gasteiger partial charge in [0.25, 0.3) is 0 Å². The molecule has 0 unspecified atom stereocenters. The number of fused-ring (bicyclic) bond motifs is 1. The number of anilines is 3. The molecule has 5 aromatic rings. The van der Waals surface area contributed by atoms with Gasteiger partial charge in [-0.2, -0.15) is 9.61 Å². The number of hydrogen-bond donors (Lipinski definition) is 2. The van der Waals surface area contributed by atoms with Gasteiger partial charge in [-0.25, -0.2) is 4.98 Å². The minimum atomic E-state index is -0.106. The summed E-state index contributed by atoms with van der Waals surface area (Å²) in [4.78, 5) is 16.2. The van der Waals surface area contributed by atoms with Crippen molar-refractivity contribution in [3.05, 3.63) is 96.1 Å². The fourth-order valence-corrected chi connectivity index (χ4v) is 3.76. The van der Waals surface area contributed by atoms with Gasteiger partial charge in [-0.1, -0.05) is 54.1 Å². The Bertz CT molecular complexity index is 1430. The van der Waals surface area contributed by atoms with Crippen molar-refractivity contribution in [3.8, 4) is 22.4 Å². The molecule has 2 N–H and O–H groups in total. The molecule has 0 spiro atoms. The molecule has 33 heavy (non-hydrogen) atoms. The van der Waals surface area contributed by atoms with Crippen LogP contribution in [0, 0.1) is 0 Å². The molecule has 0 aliphatic carbocycles. The first-order chi connectivity index (χ1) is 16.1. The van der Waals surface area contributed by atoms with Gasteiger partial charge in [0, 0.05) is 40.5 Å². The number of nitrogens with zero attached hydrogens (tertiary/aromatic N) is 3. The maximum atomic E-state index is 11.3. The van der Waals surface area contributed by atoms with Crippen molar-refractivity contribution >= 4 is 40.3 Å². The highest BCUT2D eigenvalue weighted by molar-refractivity contribution is 6.30. The van der Waals surface area contributed by atoms with Crippen molar-refractivity contribution in [1.29, 1.82) is 0 Å². The monoisotopic (exact) mass is 453 g/mol. The molecule has 2 aromatic heterocycles. The summed E-state index contributed by atoms with van der Waals surface area (Å²) in [6.45, 7) is 1.49. The number of nitrogens with one attached hydrogen (secondary N) is 2. The SMILES string of the molecule is CC(=O)Nc1ccc(Nc2cc(-c3ccccc3)nc3c(-c4ccc(Cl)cc4)cnn23)cc1. The number of halogens is 1. The van der Waals surface area contributed by atoms with Crippen LogP contribution in [0.1, 0.15) is 6.92 Å². The van der Waals surface area contributed by atoms with Crippen LogP contribution in [0.5, 0.6) is 0 Å². The van der Waals surface area contributed by atoms with Crippen molar-refractivity contribution < 1.29 is 4.79 Å². The first-order valence-corrected chi connectivity index (χ1v) is 10.8. The van der Waals surface area contributed by atoms with Crippen LogP contribution in [0.2, 0.25) is 5.02 Å². The molecule has 0 aliphatic heterocycles. The van der Waals surface area contributed by atoms with Crippen LogP contribution in [0.3, 0.4) is 0 Å². The van der Waals surface area contributed by atoms with Crippen LogP contribution in [-0.2, 0) is 4.79 Å². The van der Waals surface area contributed by atoms with Gasteiger partial charge in [0.15, 0.2) is 5.65 Å². The lowest BCUT2D eigenvalue weighted by atomic mass is 10.1. The average molecular weight is 454 g/mol. The summed E-state index contributed by atoms with van der Waals surface area (Å²) in [6, 6.07) is 27.2. The van der Waals surface area contributed by atoms with Gasteiger partial charge < -0.3 is 10.6 Å². The van der Waals surface area contributed by atoms with Crippen LogP contribution in [0.4, 0.5) is 17.2 Å². The summed E-state index contributed by atoms with van der Waals surface area (Å²) in [6.07, 6.45) is 1.81. The average Bonchev–Trinajstić information content (AvgIpc) is 3.25. The Morgan fingerprint density at radius 2 is 1.58 bits per heavy atom. The van der Waals surface area contributed by atoms with E-state index in [1.807, 2.05) is 91.1 Å². The van der Waals surface area contributed by atoms with Gasteiger partial charge >= 0.3 is 0 Å². The van der Waals surface area contributed by atoms with E-state index in [2.05, 4.69) is 15.7 Å². The highest BCUT2D eigenvalue weighted by Crippen LogP contribution is 2.31. The minimum absolute atomic E-state index is 0.106. The summed E-state index contributed by atoms with van der Waals surface area (Å²) in [7, 11) is 0. The second-order valence-electron chi connectivity index (χ2n) is 7.58. The Balaban J connectivity index is 1.61. The topological polar surface area (TPSA) is 71.3 Å². The summed E-state index contributed by atoms with van der Waals surface area (Å²) in [5.74, 6) is 0.664. The van der Waals surface area contributed by atoms with E-state index in [1.165, 1.54) is 6.92 Å². The summed E-state index contributed by atoms with van der Waals surface area (Å²) < 4.78 is 1.79. The fraction of sp³-hybridized carbons (Fsp3) is 0.0385. The predicted molar refractivity (Wildman–Crippen MR) is 133 cm³/mol. The van der Waals surface area contributed by atoms with E-state index in [9.17, 15) is 4.79 Å². The van der Waals surface area contributed by atoms with Crippen LogP contribution in [0.25, 0.3) is 28.0 Å². The molecule has 0 aliphatic rings. The van der Waals surface area contributed by atoms with Gasteiger partial charge in [-0.05, 0) is 42.0 Å². The molecule has 3 aromatic carbocycles. The molecule has 7 heteroatoms. The molecule has 0 saturated carbocycles. The van der Waals surface area contributed by atoms with E-state index < -0.39 is 0 Å². The second kappa shape index (κ2) is 8.76. The third-order valence-corrected chi connectivity index (χ3v) is 5.43. The van der Waals surface area contributed by atoms with Gasteiger partial charge in [0.1, 0.15) is 5.82 Å². The molecule has 0 fully saturated rings. The van der Waals surface area contributed by atoms with Crippen molar-refractivity contribution in [2.24, 2.45) is 0 Å². The Hall–Kier alpha value is -4.16. The zero-order chi connectivity index (χ0) is 22.8. The Morgan fingerprint density at radius 1 is 0.879 bits per heavy atom. The zero-order valence-corrected chi connectivity index (χ0v) is 18.5. The summed E-state index contributed by atoms with van der Waals surface area (Å²) in [5.41, 5.74) is 6.06. The zero-order valence-electron chi connectivity index (χ0n) is 17.8. The van der Waals surface area contributed by atoms with E-state index in [4.69, 9.17) is 16.6 Å². The molecule has 162 valence electrons. The van der Waals surface area contributed by atoms with Crippen molar-refractivity contribution in [3.63, 3.8) is 0 Å². The van der Waals surface area contributed by atoms with E-state index in [0.717, 1.165) is 45.2 Å². The molecule has 2 heterocycles. The molecular formula is C26H20ClN5O. The molecule has 5 rings (SSSR count). The lowest BCUT2D eigenvalue weighted by molar-refractivity contribution is -0.114. The third kappa shape index (κ3) is 4.42. The lowest BCUT2D eigenvalue weighted by Crippen LogP contribution is -2.06. The number of rotatable bonds is 5. The van der Waals surface area contributed by atoms with E-state index in [1.54, 1.807) is 4.52 Å². The fourth-order valence-electron chi connectivity index (χ4n) is 3.63. The molecular weight excluding hydrogens is 434 g/mol. The smallest absolute Gasteiger partial charge is 0.221 e. The van der Waals surface area contributed by atoms with Crippen LogP contribution in [0.15, 0.2) is 91.1 Å². The molecule has 0 bridgehead atoms. The summed E-state index contributed by atoms with van der Waals surface area (Å²) in [5, 5.41) is 11.5. The van der Waals surface area contributed by atoms with Crippen molar-refractivity contribution in [2.45, 2.75) is 6.92 Å². The van der Waals surface area contributed by atoms with E-state index in [-0.39, 0.29) is 5.91 Å². The largest absolute Gasteiger partial charge is 0.340 e. The molecule has 1 amide bonds. The summed E-state index contributed by atoms with van der Waals surface area (Å²) >= 11 is 6.08. The molecule has 6 nitrogen and oxygen atoms in total. The third-order valence-electron chi connectivity index (χ3n) is 5.17. The normalized spacial score (nSPS) is 10.8. The van der Waals surface area contributed by atoms with Crippen LogP contribution >= 0.6 is 11.6 Å². The predicted octanol–water partition coefficient (Wildman–Crippen LogP) is 6.42. The molecule has 0 radical (unpaired) electrons. The first kappa shape index (κ1) is 20.7. The van der Waals surface area contributed by atoms with Gasteiger partial charge in [0.05, 0.1) is 11.9 Å². The number of carbonyl (C=O) groups excluding carboxylic acids is 1. The highest BCUT2D eigenvalue weighted by Gasteiger charge is 2.14. The standard InChI is InChI=1S/C26H20ClN5O/c1-17(33)29-21-11-13-22(14-12-21)30-25-15-24(19-5-3-2-4-6-19)31-26-23(16-28-32(25)26)18-7-9-20(27)10-8-18/h2-16,30H,1H3,(H,29,33). The quantitative estimate of drug-likeness (QED) is 0.322. The van der Waals surface area contributed by atoms with E-state index in [0.29, 0.717) is 5.02 Å². The van der Waals surface area contributed by atoms with Crippen molar-refractivity contribution in [2.75, 3.05) is 10.6 Å². The van der Waals surface area contributed by atoms with Crippen molar-refractivity contribution in [1.82, 2.24) is 14.6 Å². The number of hydrogen-bond acceptors (Lipinski definition) is 4.